The van der Waals surface area contributed by atoms with Crippen molar-refractivity contribution in [1.29, 1.82) is 0 Å². The van der Waals surface area contributed by atoms with Crippen molar-refractivity contribution in [3.05, 3.63) is 0 Å². The second kappa shape index (κ2) is 0.957. The zero-order chi connectivity index (χ0) is 5.14. The molecule has 0 radical (unpaired) electrons. The van der Waals surface area contributed by atoms with Gasteiger partial charge in [0.25, 0.3) is 0 Å². The van der Waals surface area contributed by atoms with Gasteiger partial charge in [-0.3, -0.25) is 0 Å². The van der Waals surface area contributed by atoms with E-state index in [1.54, 1.807) is 0 Å². The first-order chi connectivity index (χ1) is 3.95. The quantitative estimate of drug-likeness (QED) is 0.421. The molecule has 0 bridgehead atoms. The lowest BCUT2D eigenvalue weighted by molar-refractivity contribution is 0.290. The van der Waals surface area contributed by atoms with Crippen LogP contribution in [0, 0.1) is 0 Å². The number of fused-ring (bicyclic) bond motifs is 3. The molecule has 0 amide bonds. The van der Waals surface area contributed by atoms with Crippen LogP contribution < -0.4 is 0 Å². The van der Waals surface area contributed by atoms with Gasteiger partial charge in [0.15, 0.2) is 0 Å². The van der Waals surface area contributed by atoms with Crippen molar-refractivity contribution in [2.45, 2.75) is 37.3 Å². The molecule has 0 unspecified atom stereocenters. The molecule has 2 aliphatic heterocycles. The molecule has 2 heterocycles. The minimum atomic E-state index is 0.522. The highest BCUT2D eigenvalue weighted by molar-refractivity contribution is 5.07. The van der Waals surface area contributed by atoms with E-state index in [4.69, 9.17) is 9.47 Å². The third kappa shape index (κ3) is 0.327. The zero-order valence-corrected chi connectivity index (χ0v) is 4.54. The lowest BCUT2D eigenvalue weighted by atomic mass is 10.0. The molecule has 2 heteroatoms. The minimum Gasteiger partial charge on any atom is -0.367 e. The largest absolute Gasteiger partial charge is 0.367 e. The molecular formula is C6H8O2. The lowest BCUT2D eigenvalue weighted by Gasteiger charge is -1.94. The first-order valence-electron chi connectivity index (χ1n) is 3.26. The Labute approximate surface area is 47.8 Å². The third-order valence-electron chi connectivity index (χ3n) is 2.30. The number of hydrogen-bond acceptors (Lipinski definition) is 2. The van der Waals surface area contributed by atoms with Gasteiger partial charge in [0, 0.05) is 0 Å². The van der Waals surface area contributed by atoms with Gasteiger partial charge in [-0.25, -0.2) is 0 Å². The maximum Gasteiger partial charge on any atom is 0.113 e. The molecule has 3 fully saturated rings. The van der Waals surface area contributed by atoms with Crippen molar-refractivity contribution in [3.8, 4) is 0 Å². The predicted molar refractivity (Wildman–Crippen MR) is 26.6 cm³/mol. The van der Waals surface area contributed by atoms with Gasteiger partial charge in [0.05, 0.1) is 12.2 Å². The molecule has 0 N–H and O–H groups in total. The Morgan fingerprint density at radius 1 is 0.875 bits per heavy atom. The van der Waals surface area contributed by atoms with Crippen LogP contribution in [0.25, 0.3) is 0 Å². The summed E-state index contributed by atoms with van der Waals surface area (Å²) in [7, 11) is 0. The SMILES string of the molecule is C1C[C@H]2O[C@@H]2[C@H]2O[C@@H]12. The van der Waals surface area contributed by atoms with Gasteiger partial charge < -0.3 is 9.47 Å². The Hall–Kier alpha value is -0.0800. The van der Waals surface area contributed by atoms with E-state index in [0.29, 0.717) is 24.4 Å². The number of rotatable bonds is 0. The molecule has 0 aromatic rings. The van der Waals surface area contributed by atoms with Crippen LogP contribution in [0.5, 0.6) is 0 Å². The van der Waals surface area contributed by atoms with E-state index < -0.39 is 0 Å². The van der Waals surface area contributed by atoms with E-state index in [2.05, 4.69) is 0 Å². The molecule has 0 aromatic heterocycles. The summed E-state index contributed by atoms with van der Waals surface area (Å²) >= 11 is 0. The Balaban J connectivity index is 1.89. The van der Waals surface area contributed by atoms with Gasteiger partial charge in [0.1, 0.15) is 12.2 Å². The normalized spacial score (nSPS) is 66.0. The predicted octanol–water partition coefficient (Wildman–Crippen LogP) is 0.315. The van der Waals surface area contributed by atoms with Crippen LogP contribution in [0.2, 0.25) is 0 Å². The molecule has 3 aliphatic rings. The molecule has 2 nitrogen and oxygen atoms in total. The van der Waals surface area contributed by atoms with Gasteiger partial charge in [-0.05, 0) is 12.8 Å². The Morgan fingerprint density at radius 2 is 1.38 bits per heavy atom. The van der Waals surface area contributed by atoms with Crippen LogP contribution in [-0.2, 0) is 9.47 Å². The number of hydrogen-bond donors (Lipinski definition) is 0. The van der Waals surface area contributed by atoms with E-state index in [-0.39, 0.29) is 0 Å². The molecule has 3 rings (SSSR count). The van der Waals surface area contributed by atoms with Gasteiger partial charge in [0.2, 0.25) is 0 Å². The molecule has 0 aromatic carbocycles. The average Bonchev–Trinajstić information content (AvgIpc) is 2.59. The highest BCUT2D eigenvalue weighted by atomic mass is 16.7. The van der Waals surface area contributed by atoms with E-state index in [1.165, 1.54) is 12.8 Å². The smallest absolute Gasteiger partial charge is 0.113 e. The summed E-state index contributed by atoms with van der Waals surface area (Å²) in [5.74, 6) is 0. The van der Waals surface area contributed by atoms with Crippen molar-refractivity contribution in [2.24, 2.45) is 0 Å². The van der Waals surface area contributed by atoms with Crippen molar-refractivity contribution in [2.75, 3.05) is 0 Å². The molecule has 1 aliphatic carbocycles. The topological polar surface area (TPSA) is 25.1 Å². The summed E-state index contributed by atoms with van der Waals surface area (Å²) in [6, 6.07) is 0. The summed E-state index contributed by atoms with van der Waals surface area (Å²) < 4.78 is 10.6. The van der Waals surface area contributed by atoms with Gasteiger partial charge >= 0.3 is 0 Å². The Kier molecular flexibility index (Phi) is 0.461. The van der Waals surface area contributed by atoms with Crippen LogP contribution in [-0.4, -0.2) is 24.4 Å². The van der Waals surface area contributed by atoms with Crippen molar-refractivity contribution in [3.63, 3.8) is 0 Å². The fourth-order valence-electron chi connectivity index (χ4n) is 1.68. The van der Waals surface area contributed by atoms with Gasteiger partial charge in [-0.2, -0.15) is 0 Å². The summed E-state index contributed by atoms with van der Waals surface area (Å²) in [4.78, 5) is 0. The molecule has 8 heavy (non-hydrogen) atoms. The van der Waals surface area contributed by atoms with E-state index >= 15 is 0 Å². The number of ether oxygens (including phenoxy) is 2. The van der Waals surface area contributed by atoms with E-state index in [0.717, 1.165) is 0 Å². The van der Waals surface area contributed by atoms with E-state index in [1.807, 2.05) is 0 Å². The molecule has 0 spiro atoms. The maximum atomic E-state index is 5.31. The highest BCUT2D eigenvalue weighted by Gasteiger charge is 2.60. The van der Waals surface area contributed by atoms with Crippen molar-refractivity contribution in [1.82, 2.24) is 0 Å². The molecular weight excluding hydrogens is 104 g/mol. The van der Waals surface area contributed by atoms with Crippen molar-refractivity contribution >= 4 is 0 Å². The Morgan fingerprint density at radius 3 is 1.88 bits per heavy atom. The molecule has 4 atom stereocenters. The standard InChI is InChI=1S/C6H8O2/c1-2-4-6(8-4)5-3(1)7-5/h3-6H,1-2H2/t3-,4+,5-,6-/m0/s1. The summed E-state index contributed by atoms with van der Waals surface area (Å²) in [5, 5.41) is 0. The average molecular weight is 112 g/mol. The second-order valence-corrected chi connectivity index (χ2v) is 2.86. The monoisotopic (exact) mass is 112 g/mol. The fraction of sp³-hybridized carbons (Fsp3) is 1.00. The first kappa shape index (κ1) is 3.85. The Bertz CT molecular complexity index is 118. The maximum absolute atomic E-state index is 5.31. The zero-order valence-electron chi connectivity index (χ0n) is 4.54. The number of epoxide rings is 2. The lowest BCUT2D eigenvalue weighted by Crippen LogP contribution is -2.11. The second-order valence-electron chi connectivity index (χ2n) is 2.86. The van der Waals surface area contributed by atoms with Crippen molar-refractivity contribution < 1.29 is 9.47 Å². The molecule has 1 saturated carbocycles. The van der Waals surface area contributed by atoms with E-state index in [9.17, 15) is 0 Å². The third-order valence-corrected chi connectivity index (χ3v) is 2.30. The summed E-state index contributed by atoms with van der Waals surface area (Å²) in [6.45, 7) is 0. The fourth-order valence-corrected chi connectivity index (χ4v) is 1.68. The van der Waals surface area contributed by atoms with Crippen LogP contribution in [0.15, 0.2) is 0 Å². The molecule has 2 saturated heterocycles. The van der Waals surface area contributed by atoms with Crippen LogP contribution in [0.3, 0.4) is 0 Å². The molecule has 44 valence electrons. The highest BCUT2D eigenvalue weighted by Crippen LogP contribution is 2.47. The van der Waals surface area contributed by atoms with Crippen LogP contribution in [0.4, 0.5) is 0 Å². The van der Waals surface area contributed by atoms with Gasteiger partial charge in [-0.1, -0.05) is 0 Å². The summed E-state index contributed by atoms with van der Waals surface area (Å²) in [6.07, 6.45) is 4.72. The summed E-state index contributed by atoms with van der Waals surface area (Å²) in [5.41, 5.74) is 0. The van der Waals surface area contributed by atoms with Crippen LogP contribution >= 0.6 is 0 Å². The minimum absolute atomic E-state index is 0.522. The first-order valence-corrected chi connectivity index (χ1v) is 3.26. The van der Waals surface area contributed by atoms with Gasteiger partial charge in [-0.15, -0.1) is 0 Å². The van der Waals surface area contributed by atoms with Crippen LogP contribution in [0.1, 0.15) is 12.8 Å².